The molecule has 0 bridgehead atoms. The van der Waals surface area contributed by atoms with E-state index < -0.39 is 0 Å². The first kappa shape index (κ1) is 31.4. The number of benzene rings is 4. The minimum absolute atomic E-state index is 0.300. The third kappa shape index (κ3) is 5.66. The second-order valence-corrected chi connectivity index (χ2v) is 10.8. The molecule has 6 aromatic rings. The van der Waals surface area contributed by atoms with Gasteiger partial charge in [-0.1, -0.05) is 18.2 Å². The Balaban J connectivity index is 1.86. The highest BCUT2D eigenvalue weighted by Gasteiger charge is 2.27. The zero-order chi connectivity index (χ0) is 33.8. The lowest BCUT2D eigenvalue weighted by Gasteiger charge is -2.20. The van der Waals surface area contributed by atoms with Crippen molar-refractivity contribution in [1.29, 1.82) is 10.5 Å². The lowest BCUT2D eigenvalue weighted by atomic mass is 9.82. The average molecular weight is 637 g/mol. The summed E-state index contributed by atoms with van der Waals surface area (Å²) in [4.78, 5) is 6.60. The Bertz CT molecular complexity index is 2270. The third-order valence-corrected chi connectivity index (χ3v) is 8.27. The number of ether oxygens (including phenoxy) is 5. The SMILES string of the molecule is COc1cc(OC)cc(C(/C(=C(\C#N)c2c[nH]c3ccc(OC)cc23)c2cc(OC)cc(OC)c2)=C(/C#N)c2c[nH]c3ccccc23)c1. The van der Waals surface area contributed by atoms with Crippen molar-refractivity contribution in [2.24, 2.45) is 0 Å². The number of allylic oxidation sites excluding steroid dienone is 4. The summed E-state index contributed by atoms with van der Waals surface area (Å²) in [5.41, 5.74) is 5.70. The van der Waals surface area contributed by atoms with Crippen molar-refractivity contribution < 1.29 is 23.7 Å². The van der Waals surface area contributed by atoms with Crippen LogP contribution in [-0.2, 0) is 0 Å². The maximum absolute atomic E-state index is 11.1. The fraction of sp³-hybridized carbons (Fsp3) is 0.128. The Morgan fingerprint density at radius 2 is 0.938 bits per heavy atom. The predicted octanol–water partition coefficient (Wildman–Crippen LogP) is 8.26. The van der Waals surface area contributed by atoms with Crippen LogP contribution in [0.2, 0.25) is 0 Å². The van der Waals surface area contributed by atoms with Crippen LogP contribution in [0.15, 0.2) is 91.3 Å². The summed E-state index contributed by atoms with van der Waals surface area (Å²) in [6, 6.07) is 29.2. The van der Waals surface area contributed by atoms with Gasteiger partial charge in [0.05, 0.1) is 46.7 Å². The van der Waals surface area contributed by atoms with Crippen LogP contribution in [0.1, 0.15) is 22.3 Å². The van der Waals surface area contributed by atoms with Gasteiger partial charge in [-0.3, -0.25) is 0 Å². The molecule has 48 heavy (non-hydrogen) atoms. The Labute approximate surface area is 277 Å². The molecule has 0 amide bonds. The number of nitrogens with zero attached hydrogens (tertiary/aromatic N) is 2. The highest BCUT2D eigenvalue weighted by atomic mass is 16.5. The number of para-hydroxylation sites is 1. The molecule has 0 atom stereocenters. The van der Waals surface area contributed by atoms with Crippen molar-refractivity contribution in [2.45, 2.75) is 0 Å². The van der Waals surface area contributed by atoms with Crippen LogP contribution < -0.4 is 23.7 Å². The Morgan fingerprint density at radius 3 is 1.40 bits per heavy atom. The van der Waals surface area contributed by atoms with Gasteiger partial charge in [0.25, 0.3) is 0 Å². The van der Waals surface area contributed by atoms with Gasteiger partial charge in [0.15, 0.2) is 0 Å². The fourth-order valence-corrected chi connectivity index (χ4v) is 5.94. The third-order valence-electron chi connectivity index (χ3n) is 8.27. The van der Waals surface area contributed by atoms with E-state index in [-0.39, 0.29) is 0 Å². The van der Waals surface area contributed by atoms with Gasteiger partial charge in [-0.15, -0.1) is 0 Å². The molecule has 238 valence electrons. The van der Waals surface area contributed by atoms with Crippen molar-refractivity contribution in [1.82, 2.24) is 9.97 Å². The molecule has 2 heterocycles. The second kappa shape index (κ2) is 13.4. The largest absolute Gasteiger partial charge is 0.497 e. The summed E-state index contributed by atoms with van der Waals surface area (Å²) in [6.45, 7) is 0. The van der Waals surface area contributed by atoms with Gasteiger partial charge in [-0.05, 0) is 59.7 Å². The van der Waals surface area contributed by atoms with Gasteiger partial charge in [0.1, 0.15) is 40.9 Å². The molecule has 0 radical (unpaired) electrons. The highest BCUT2D eigenvalue weighted by molar-refractivity contribution is 6.27. The van der Waals surface area contributed by atoms with E-state index in [0.717, 1.165) is 21.8 Å². The Kier molecular flexibility index (Phi) is 8.78. The summed E-state index contributed by atoms with van der Waals surface area (Å²) >= 11 is 0. The molecule has 9 nitrogen and oxygen atoms in total. The number of nitrogens with one attached hydrogen (secondary N) is 2. The van der Waals surface area contributed by atoms with E-state index in [1.165, 1.54) is 0 Å². The second-order valence-electron chi connectivity index (χ2n) is 10.8. The number of hydrogen-bond donors (Lipinski definition) is 2. The first-order valence-corrected chi connectivity index (χ1v) is 14.9. The normalized spacial score (nSPS) is 12.1. The van der Waals surface area contributed by atoms with Gasteiger partial charge in [-0.2, -0.15) is 10.5 Å². The molecule has 0 unspecified atom stereocenters. The summed E-state index contributed by atoms with van der Waals surface area (Å²) < 4.78 is 28.3. The number of methoxy groups -OCH3 is 5. The quantitative estimate of drug-likeness (QED) is 0.115. The summed E-state index contributed by atoms with van der Waals surface area (Å²) in [7, 11) is 7.86. The molecule has 0 saturated heterocycles. The standard InChI is InChI=1S/C39H32N4O5/c1-44-25-10-11-37-31(18-25)35(22-43-37)33(20-41)39(24-14-28(47-4)17-29(15-24)48-5)38(23-12-26(45-2)16-27(13-23)46-3)32(19-40)34-21-42-36-9-7-6-8-30(34)36/h6-18,21-22,42-43H,1-5H3/b38-32+,39-33+. The monoisotopic (exact) mass is 636 g/mol. The minimum atomic E-state index is 0.300. The molecule has 2 aromatic heterocycles. The number of aromatic nitrogens is 2. The lowest BCUT2D eigenvalue weighted by molar-refractivity contribution is 0.394. The molecule has 9 heteroatoms. The Morgan fingerprint density at radius 1 is 0.500 bits per heavy atom. The molecule has 0 aliphatic carbocycles. The minimum Gasteiger partial charge on any atom is -0.497 e. The van der Waals surface area contributed by atoms with Crippen LogP contribution in [0.4, 0.5) is 0 Å². The average Bonchev–Trinajstić information content (AvgIpc) is 3.76. The van der Waals surface area contributed by atoms with Crippen LogP contribution in [0.3, 0.4) is 0 Å². The van der Waals surface area contributed by atoms with Crippen molar-refractivity contribution in [3.63, 3.8) is 0 Å². The van der Waals surface area contributed by atoms with E-state index in [9.17, 15) is 10.5 Å². The molecule has 2 N–H and O–H groups in total. The molecule has 0 aliphatic rings. The molecule has 0 spiro atoms. The maximum Gasteiger partial charge on any atom is 0.123 e. The van der Waals surface area contributed by atoms with Crippen LogP contribution >= 0.6 is 0 Å². The molecular weight excluding hydrogens is 604 g/mol. The molecule has 4 aromatic carbocycles. The van der Waals surface area contributed by atoms with Gasteiger partial charge >= 0.3 is 0 Å². The van der Waals surface area contributed by atoms with Gasteiger partial charge < -0.3 is 33.7 Å². The Hall–Kier alpha value is -6.58. The highest BCUT2D eigenvalue weighted by Crippen LogP contribution is 2.47. The van der Waals surface area contributed by atoms with Crippen molar-refractivity contribution in [3.05, 3.63) is 114 Å². The molecule has 0 fully saturated rings. The fourth-order valence-electron chi connectivity index (χ4n) is 5.94. The van der Waals surface area contributed by atoms with E-state index in [1.807, 2.05) is 72.9 Å². The smallest absolute Gasteiger partial charge is 0.123 e. The van der Waals surface area contributed by atoms with E-state index in [1.54, 1.807) is 53.9 Å². The van der Waals surface area contributed by atoms with E-state index in [0.29, 0.717) is 73.3 Å². The number of aromatic amines is 2. The summed E-state index contributed by atoms with van der Waals surface area (Å²) in [5.74, 6) is 2.67. The lowest BCUT2D eigenvalue weighted by Crippen LogP contribution is -2.01. The van der Waals surface area contributed by atoms with Crippen molar-refractivity contribution in [2.75, 3.05) is 35.5 Å². The van der Waals surface area contributed by atoms with Crippen molar-refractivity contribution >= 4 is 44.1 Å². The summed E-state index contributed by atoms with van der Waals surface area (Å²) in [6.07, 6.45) is 3.61. The number of H-pyrrole nitrogens is 2. The zero-order valence-corrected chi connectivity index (χ0v) is 27.1. The molecular formula is C39H32N4O5. The zero-order valence-electron chi connectivity index (χ0n) is 27.1. The predicted molar refractivity (Wildman–Crippen MR) is 187 cm³/mol. The molecule has 6 rings (SSSR count). The van der Waals surface area contributed by atoms with Crippen LogP contribution in [-0.4, -0.2) is 45.5 Å². The van der Waals surface area contributed by atoms with Gasteiger partial charge in [0, 0.05) is 68.6 Å². The van der Waals surface area contributed by atoms with Crippen LogP contribution in [0.25, 0.3) is 44.1 Å². The first-order chi connectivity index (χ1) is 23.5. The van der Waals surface area contributed by atoms with E-state index in [4.69, 9.17) is 23.7 Å². The van der Waals surface area contributed by atoms with Gasteiger partial charge in [0.2, 0.25) is 0 Å². The summed E-state index contributed by atoms with van der Waals surface area (Å²) in [5, 5.41) is 23.9. The van der Waals surface area contributed by atoms with E-state index in [2.05, 4.69) is 22.1 Å². The van der Waals surface area contributed by atoms with Gasteiger partial charge in [-0.25, -0.2) is 0 Å². The van der Waals surface area contributed by atoms with Crippen LogP contribution in [0.5, 0.6) is 28.7 Å². The number of hydrogen-bond acceptors (Lipinski definition) is 7. The van der Waals surface area contributed by atoms with Crippen molar-refractivity contribution in [3.8, 4) is 40.9 Å². The molecule has 0 saturated carbocycles. The maximum atomic E-state index is 11.1. The molecule has 0 aliphatic heterocycles. The number of fused-ring (bicyclic) bond motifs is 2. The first-order valence-electron chi connectivity index (χ1n) is 14.9. The van der Waals surface area contributed by atoms with E-state index >= 15 is 0 Å². The number of nitriles is 2. The van der Waals surface area contributed by atoms with Crippen LogP contribution in [0, 0.1) is 22.7 Å². The topological polar surface area (TPSA) is 125 Å². The number of rotatable bonds is 10.